The Balaban J connectivity index is 1.01. The van der Waals surface area contributed by atoms with Crippen molar-refractivity contribution < 1.29 is 47.4 Å². The molecular weight excluding hydrogens is 987 g/mol. The molecule has 0 amide bonds. The number of carboxylic acid groups (broad SMARTS) is 1. The predicted octanol–water partition coefficient (Wildman–Crippen LogP) is 9.38. The van der Waals surface area contributed by atoms with Gasteiger partial charge in [0.05, 0.1) is 40.9 Å². The van der Waals surface area contributed by atoms with Crippen LogP contribution in [0.25, 0.3) is 43.0 Å². The van der Waals surface area contributed by atoms with Crippen molar-refractivity contribution in [2.45, 2.75) is 45.2 Å². The van der Waals surface area contributed by atoms with Gasteiger partial charge in [-0.15, -0.1) is 11.3 Å². The van der Waals surface area contributed by atoms with E-state index in [1.54, 1.807) is 36.5 Å². The lowest BCUT2D eigenvalue weighted by atomic mass is 9.92. The largest absolute Gasteiger partial charge is 0.491 e. The number of aromatic nitrogens is 4. The standard InChI is InChI=1S/C53H51Cl2FN6O9S/c1-30-44-31(2)48(55)49(47(30)54)70-38(24-62-18-16-61(3)17-19-62)26-68-37-12-13-41(69-28-43-57-15-14-40(60-43)32-6-10-36(11-7-32)67-27-39-25-65-20-21-66-39)34(22-37)23-42(53(63)64)71-51-46-45(44)50(72-52(46)59-29-58-51)33-4-8-35(56)9-5-33/h4-15,22,29,38-39,42H,16-21,23-28H2,1-3H3,(H,63,64)/t38-,39-,42-/m1/s1. The second kappa shape index (κ2) is 21.9. The summed E-state index contributed by atoms with van der Waals surface area (Å²) in [5.41, 5.74) is 5.23. The number of hydrogen-bond donors (Lipinski definition) is 1. The average molecular weight is 1040 g/mol. The minimum Gasteiger partial charge on any atom is -0.491 e. The third kappa shape index (κ3) is 10.9. The zero-order valence-corrected chi connectivity index (χ0v) is 42.1. The number of benzene rings is 4. The third-order valence-electron chi connectivity index (χ3n) is 12.9. The van der Waals surface area contributed by atoms with E-state index < -0.39 is 24.0 Å². The van der Waals surface area contributed by atoms with Gasteiger partial charge in [-0.05, 0) is 104 Å². The highest BCUT2D eigenvalue weighted by Crippen LogP contribution is 2.53. The number of carboxylic acids is 1. The van der Waals surface area contributed by atoms with Gasteiger partial charge in [0.15, 0.2) is 11.6 Å². The van der Waals surface area contributed by atoms with E-state index in [1.807, 2.05) is 44.2 Å². The highest BCUT2D eigenvalue weighted by Gasteiger charge is 2.32. The number of carbonyl (C=O) groups is 1. The first-order chi connectivity index (χ1) is 34.9. The van der Waals surface area contributed by atoms with E-state index in [1.165, 1.54) is 29.8 Å². The van der Waals surface area contributed by atoms with E-state index in [2.05, 4.69) is 31.8 Å². The van der Waals surface area contributed by atoms with Crippen LogP contribution in [0.3, 0.4) is 0 Å². The number of hydrogen-bond acceptors (Lipinski definition) is 15. The van der Waals surface area contributed by atoms with Crippen molar-refractivity contribution in [1.82, 2.24) is 29.7 Å². The molecule has 15 nitrogen and oxygen atoms in total. The Labute approximate surface area is 429 Å². The Kier molecular flexibility index (Phi) is 15.0. The summed E-state index contributed by atoms with van der Waals surface area (Å²) >= 11 is 16.0. The molecule has 0 unspecified atom stereocenters. The van der Waals surface area contributed by atoms with Crippen LogP contribution in [0.15, 0.2) is 85.3 Å². The monoisotopic (exact) mass is 1040 g/mol. The molecule has 4 bridgehead atoms. The molecule has 0 saturated carbocycles. The SMILES string of the molecule is Cc1c(Cl)c2c(Cl)c(C)c1-c1c(-c3ccc(F)cc3)sc3ncnc(c13)O[C@@H](C(=O)O)Cc1cc(ccc1OCc1nccc(-c3ccc(OC[C@H]4COCCO4)cc3)n1)OC[C@@H](CN1CCN(C)CC1)O2. The van der Waals surface area contributed by atoms with Crippen LogP contribution in [0, 0.1) is 19.7 Å². The number of rotatable bonds is 11. The lowest BCUT2D eigenvalue weighted by Gasteiger charge is -2.35. The van der Waals surface area contributed by atoms with Gasteiger partial charge in [0, 0.05) is 66.9 Å². The van der Waals surface area contributed by atoms with Gasteiger partial charge >= 0.3 is 5.97 Å². The summed E-state index contributed by atoms with van der Waals surface area (Å²) in [7, 11) is 2.10. The lowest BCUT2D eigenvalue weighted by Crippen LogP contribution is -2.49. The summed E-state index contributed by atoms with van der Waals surface area (Å²) in [5, 5.41) is 11.9. The fourth-order valence-corrected chi connectivity index (χ4v) is 10.7. The summed E-state index contributed by atoms with van der Waals surface area (Å²) in [6.07, 6.45) is 0.669. The van der Waals surface area contributed by atoms with Crippen LogP contribution < -0.4 is 23.7 Å². The molecule has 19 heteroatoms. The molecule has 2 saturated heterocycles. The number of thiophene rings is 1. The third-order valence-corrected chi connectivity index (χ3v) is 15.0. The number of fused-ring (bicyclic) bond motifs is 7. The fraction of sp³-hybridized carbons (Fsp3) is 0.340. The molecule has 2 fully saturated rings. The van der Waals surface area contributed by atoms with Crippen molar-refractivity contribution >= 4 is 50.7 Å². The minimum atomic E-state index is -1.49. The van der Waals surface area contributed by atoms with Crippen molar-refractivity contribution in [1.29, 1.82) is 0 Å². The van der Waals surface area contributed by atoms with Crippen molar-refractivity contribution in [3.05, 3.63) is 124 Å². The molecule has 3 atom stereocenters. The van der Waals surface area contributed by atoms with E-state index >= 15 is 0 Å². The second-order valence-corrected chi connectivity index (χ2v) is 19.6. The smallest absolute Gasteiger partial charge is 0.345 e. The Morgan fingerprint density at radius 3 is 2.36 bits per heavy atom. The first kappa shape index (κ1) is 49.4. The predicted molar refractivity (Wildman–Crippen MR) is 272 cm³/mol. The lowest BCUT2D eigenvalue weighted by molar-refractivity contribution is -0.145. The first-order valence-corrected chi connectivity index (χ1v) is 25.1. The molecule has 11 rings (SSSR count). The number of piperazine rings is 1. The van der Waals surface area contributed by atoms with Crippen LogP contribution in [0.2, 0.25) is 10.0 Å². The molecule has 0 aliphatic carbocycles. The first-order valence-electron chi connectivity index (χ1n) is 23.6. The van der Waals surface area contributed by atoms with E-state index in [0.29, 0.717) is 126 Å². The Morgan fingerprint density at radius 2 is 1.62 bits per heavy atom. The van der Waals surface area contributed by atoms with Crippen molar-refractivity contribution in [2.24, 2.45) is 0 Å². The molecule has 0 spiro atoms. The molecule has 4 aliphatic rings. The average Bonchev–Trinajstić information content (AvgIpc) is 3.78. The van der Waals surface area contributed by atoms with Crippen molar-refractivity contribution in [3.63, 3.8) is 0 Å². The number of halogens is 3. The van der Waals surface area contributed by atoms with Crippen LogP contribution in [0.1, 0.15) is 22.5 Å². The van der Waals surface area contributed by atoms with E-state index in [4.69, 9.17) is 61.3 Å². The molecular formula is C53H51Cl2FN6O9S. The zero-order valence-electron chi connectivity index (χ0n) is 39.7. The maximum atomic E-state index is 14.4. The van der Waals surface area contributed by atoms with Crippen LogP contribution in [0.5, 0.6) is 28.9 Å². The number of nitrogens with zero attached hydrogens (tertiary/aromatic N) is 6. The van der Waals surface area contributed by atoms with E-state index in [0.717, 1.165) is 31.7 Å². The molecule has 1 N–H and O–H groups in total. The molecule has 4 aliphatic heterocycles. The Morgan fingerprint density at radius 1 is 0.861 bits per heavy atom. The minimum absolute atomic E-state index is 0.0162. The van der Waals surface area contributed by atoms with Crippen molar-refractivity contribution in [2.75, 3.05) is 72.8 Å². The van der Waals surface area contributed by atoms with Gasteiger partial charge in [0.2, 0.25) is 12.0 Å². The van der Waals surface area contributed by atoms with Crippen LogP contribution in [0.4, 0.5) is 4.39 Å². The number of ether oxygens (including phenoxy) is 7. The molecule has 0 radical (unpaired) electrons. The summed E-state index contributed by atoms with van der Waals surface area (Å²) in [5.74, 6) is 0.573. The molecule has 7 aromatic rings. The van der Waals surface area contributed by atoms with Crippen molar-refractivity contribution in [3.8, 4) is 61.7 Å². The second-order valence-electron chi connectivity index (χ2n) is 17.9. The van der Waals surface area contributed by atoms with Gasteiger partial charge in [-0.25, -0.2) is 29.1 Å². The zero-order chi connectivity index (χ0) is 49.9. The molecule has 374 valence electrons. The highest BCUT2D eigenvalue weighted by atomic mass is 35.5. The molecule has 3 aromatic heterocycles. The van der Waals surface area contributed by atoms with Gasteiger partial charge in [0.1, 0.15) is 66.3 Å². The van der Waals surface area contributed by atoms with Gasteiger partial charge in [-0.3, -0.25) is 4.90 Å². The van der Waals surface area contributed by atoms with Crippen LogP contribution >= 0.6 is 34.5 Å². The molecule has 72 heavy (non-hydrogen) atoms. The van der Waals surface area contributed by atoms with Crippen LogP contribution in [-0.2, 0) is 27.3 Å². The van der Waals surface area contributed by atoms with Gasteiger partial charge in [-0.1, -0.05) is 35.3 Å². The molecule has 4 aromatic carbocycles. The topological polar surface area (TPSA) is 160 Å². The normalized spacial score (nSPS) is 18.7. The van der Waals surface area contributed by atoms with Gasteiger partial charge < -0.3 is 43.2 Å². The number of likely N-dealkylation sites (N-methyl/N-ethyl adjacent to an activating group) is 1. The van der Waals surface area contributed by atoms with Crippen LogP contribution in [-0.4, -0.2) is 132 Å². The Bertz CT molecular complexity index is 3050. The highest BCUT2D eigenvalue weighted by molar-refractivity contribution is 7.22. The quantitative estimate of drug-likeness (QED) is 0.130. The summed E-state index contributed by atoms with van der Waals surface area (Å²) < 4.78 is 57.8. The summed E-state index contributed by atoms with van der Waals surface area (Å²) in [6.45, 7) is 9.76. The van der Waals surface area contributed by atoms with E-state index in [-0.39, 0.29) is 31.6 Å². The Hall–Kier alpha value is -6.18. The van der Waals surface area contributed by atoms with Gasteiger partial charge in [0.25, 0.3) is 0 Å². The van der Waals surface area contributed by atoms with Gasteiger partial charge in [-0.2, -0.15) is 0 Å². The summed E-state index contributed by atoms with van der Waals surface area (Å²) in [4.78, 5) is 37.7. The summed E-state index contributed by atoms with van der Waals surface area (Å²) in [6, 6.07) is 20.8. The molecule has 7 heterocycles. The van der Waals surface area contributed by atoms with E-state index in [9.17, 15) is 14.3 Å². The maximum Gasteiger partial charge on any atom is 0.345 e. The maximum absolute atomic E-state index is 14.4. The number of aliphatic carboxylic acids is 1. The fourth-order valence-electron chi connectivity index (χ4n) is 9.03.